The van der Waals surface area contributed by atoms with E-state index in [-0.39, 0.29) is 17.6 Å². The summed E-state index contributed by atoms with van der Waals surface area (Å²) in [6, 6.07) is 8.47. The normalized spacial score (nSPS) is 17.9. The standard InChI is InChI=1S/C20H20N2OS/c1-12(2)20-21-9-17-18(23)8-13(3)15(10-22(17)20)16-11-24-19-7-5-4-6-14(16)19/h4-7,9-13H,8H2,1-3H3. The number of rotatable bonds is 2. The van der Waals surface area contributed by atoms with Crippen molar-refractivity contribution >= 4 is 39.0 Å². The molecule has 1 aliphatic heterocycles. The number of imidazole rings is 1. The second-order valence-corrected chi connectivity index (χ2v) is 7.70. The van der Waals surface area contributed by atoms with Crippen molar-refractivity contribution in [2.45, 2.75) is 33.1 Å². The zero-order valence-electron chi connectivity index (χ0n) is 14.1. The summed E-state index contributed by atoms with van der Waals surface area (Å²) < 4.78 is 3.30. The number of fused-ring (bicyclic) bond motifs is 2. The average molecular weight is 336 g/mol. The van der Waals surface area contributed by atoms with Gasteiger partial charge in [-0.15, -0.1) is 11.3 Å². The number of carbonyl (C=O) groups is 1. The molecule has 4 heteroatoms. The highest BCUT2D eigenvalue weighted by molar-refractivity contribution is 7.17. The first-order valence-corrected chi connectivity index (χ1v) is 9.23. The number of hydrogen-bond acceptors (Lipinski definition) is 3. The summed E-state index contributed by atoms with van der Waals surface area (Å²) in [6.07, 6.45) is 4.40. The van der Waals surface area contributed by atoms with Crippen molar-refractivity contribution in [3.05, 3.63) is 52.9 Å². The molecular formula is C20H20N2OS. The molecule has 2 aromatic heterocycles. The number of benzene rings is 1. The molecule has 0 spiro atoms. The van der Waals surface area contributed by atoms with Crippen LogP contribution >= 0.6 is 11.3 Å². The van der Waals surface area contributed by atoms with Gasteiger partial charge in [0.1, 0.15) is 11.5 Å². The van der Waals surface area contributed by atoms with Crippen molar-refractivity contribution in [1.82, 2.24) is 9.55 Å². The van der Waals surface area contributed by atoms with Crippen LogP contribution in [-0.2, 0) is 0 Å². The van der Waals surface area contributed by atoms with E-state index in [1.54, 1.807) is 17.5 Å². The van der Waals surface area contributed by atoms with Crippen LogP contribution in [0.25, 0.3) is 21.9 Å². The van der Waals surface area contributed by atoms with E-state index in [2.05, 4.69) is 61.6 Å². The summed E-state index contributed by atoms with van der Waals surface area (Å²) in [7, 11) is 0. The van der Waals surface area contributed by atoms with Crippen molar-refractivity contribution in [2.75, 3.05) is 0 Å². The minimum absolute atomic E-state index is 0.174. The molecule has 0 saturated carbocycles. The smallest absolute Gasteiger partial charge is 0.181 e. The molecule has 1 unspecified atom stereocenters. The Labute approximate surface area is 145 Å². The number of Topliss-reactive ketones (excluding diaryl/α,β-unsaturated/α-hetero) is 1. The maximum atomic E-state index is 12.6. The predicted octanol–water partition coefficient (Wildman–Crippen LogP) is 5.44. The molecule has 3 nitrogen and oxygen atoms in total. The Morgan fingerprint density at radius 3 is 2.88 bits per heavy atom. The fourth-order valence-corrected chi connectivity index (χ4v) is 4.41. The number of nitrogens with zero attached hydrogens (tertiary/aromatic N) is 2. The maximum Gasteiger partial charge on any atom is 0.181 e. The third-order valence-corrected chi connectivity index (χ3v) is 5.67. The molecule has 4 rings (SSSR count). The third-order valence-electron chi connectivity index (χ3n) is 4.71. The minimum atomic E-state index is 0.174. The van der Waals surface area contributed by atoms with E-state index in [0.29, 0.717) is 12.1 Å². The number of hydrogen-bond donors (Lipinski definition) is 0. The highest BCUT2D eigenvalue weighted by Gasteiger charge is 2.26. The molecule has 0 bridgehead atoms. The summed E-state index contributed by atoms with van der Waals surface area (Å²) in [5.74, 6) is 1.59. The zero-order chi connectivity index (χ0) is 16.8. The fraction of sp³-hybridized carbons (Fsp3) is 0.300. The predicted molar refractivity (Wildman–Crippen MR) is 100 cm³/mol. The van der Waals surface area contributed by atoms with Crippen molar-refractivity contribution in [3.63, 3.8) is 0 Å². The summed E-state index contributed by atoms with van der Waals surface area (Å²) in [6.45, 7) is 6.37. The van der Waals surface area contributed by atoms with Gasteiger partial charge in [-0.2, -0.15) is 0 Å². The molecule has 0 radical (unpaired) electrons. The van der Waals surface area contributed by atoms with Crippen molar-refractivity contribution in [1.29, 1.82) is 0 Å². The van der Waals surface area contributed by atoms with E-state index >= 15 is 0 Å². The lowest BCUT2D eigenvalue weighted by Crippen LogP contribution is -2.07. The molecule has 1 aliphatic rings. The monoisotopic (exact) mass is 336 g/mol. The Morgan fingerprint density at radius 2 is 2.08 bits per heavy atom. The van der Waals surface area contributed by atoms with E-state index in [0.717, 1.165) is 5.82 Å². The SMILES string of the molecule is CC1CC(=O)c2cnc(C(C)C)n2C=C1c1csc2ccccc12. The molecule has 0 amide bonds. The van der Waals surface area contributed by atoms with Gasteiger partial charge in [0.25, 0.3) is 0 Å². The second kappa shape index (κ2) is 5.71. The molecule has 0 N–H and O–H groups in total. The van der Waals surface area contributed by atoms with Crippen LogP contribution in [0.3, 0.4) is 0 Å². The van der Waals surface area contributed by atoms with Gasteiger partial charge in [0, 0.05) is 28.6 Å². The number of carbonyl (C=O) groups excluding carboxylic acids is 1. The molecule has 3 heterocycles. The highest BCUT2D eigenvalue weighted by atomic mass is 32.1. The van der Waals surface area contributed by atoms with Crippen LogP contribution in [0.2, 0.25) is 0 Å². The number of allylic oxidation sites excluding steroid dienone is 1. The van der Waals surface area contributed by atoms with Crippen LogP contribution < -0.4 is 0 Å². The summed E-state index contributed by atoms with van der Waals surface area (Å²) >= 11 is 1.76. The quantitative estimate of drug-likeness (QED) is 0.624. The highest BCUT2D eigenvalue weighted by Crippen LogP contribution is 2.38. The molecule has 1 aromatic carbocycles. The van der Waals surface area contributed by atoms with Gasteiger partial charge < -0.3 is 4.57 Å². The third kappa shape index (κ3) is 2.33. The largest absolute Gasteiger partial charge is 0.300 e. The van der Waals surface area contributed by atoms with Crippen molar-refractivity contribution < 1.29 is 4.79 Å². The lowest BCUT2D eigenvalue weighted by atomic mass is 9.91. The van der Waals surface area contributed by atoms with Gasteiger partial charge in [-0.25, -0.2) is 4.98 Å². The molecule has 0 saturated heterocycles. The summed E-state index contributed by atoms with van der Waals surface area (Å²) in [4.78, 5) is 17.1. The van der Waals surface area contributed by atoms with E-state index in [4.69, 9.17) is 0 Å². The van der Waals surface area contributed by atoms with E-state index in [1.165, 1.54) is 21.2 Å². The van der Waals surface area contributed by atoms with Gasteiger partial charge in [0.2, 0.25) is 0 Å². The zero-order valence-corrected chi connectivity index (χ0v) is 14.9. The first-order chi connectivity index (χ1) is 11.6. The van der Waals surface area contributed by atoms with Crippen LogP contribution in [0.4, 0.5) is 0 Å². The molecular weight excluding hydrogens is 316 g/mol. The van der Waals surface area contributed by atoms with Gasteiger partial charge >= 0.3 is 0 Å². The Kier molecular flexibility index (Phi) is 3.65. The fourth-order valence-electron chi connectivity index (χ4n) is 3.44. The number of aromatic nitrogens is 2. The van der Waals surface area contributed by atoms with Gasteiger partial charge in [0.15, 0.2) is 5.78 Å². The molecule has 122 valence electrons. The first-order valence-electron chi connectivity index (χ1n) is 8.35. The molecule has 3 aromatic rings. The Balaban J connectivity index is 1.95. The van der Waals surface area contributed by atoms with E-state index in [9.17, 15) is 4.79 Å². The van der Waals surface area contributed by atoms with Crippen LogP contribution in [0.15, 0.2) is 35.8 Å². The van der Waals surface area contributed by atoms with Gasteiger partial charge in [-0.05, 0) is 28.5 Å². The molecule has 24 heavy (non-hydrogen) atoms. The van der Waals surface area contributed by atoms with Crippen LogP contribution in [0.1, 0.15) is 55.0 Å². The number of thiophene rings is 1. The van der Waals surface area contributed by atoms with E-state index in [1.807, 2.05) is 4.57 Å². The topological polar surface area (TPSA) is 34.9 Å². The second-order valence-electron chi connectivity index (χ2n) is 6.78. The molecule has 1 atom stereocenters. The average Bonchev–Trinajstić information content (AvgIpc) is 3.13. The first kappa shape index (κ1) is 15.3. The van der Waals surface area contributed by atoms with Crippen molar-refractivity contribution in [3.8, 4) is 0 Å². The van der Waals surface area contributed by atoms with Crippen LogP contribution in [0, 0.1) is 5.92 Å². The lowest BCUT2D eigenvalue weighted by molar-refractivity contribution is 0.0968. The summed E-state index contributed by atoms with van der Waals surface area (Å²) in [5, 5.41) is 3.48. The number of ketones is 1. The Morgan fingerprint density at radius 1 is 1.29 bits per heavy atom. The minimum Gasteiger partial charge on any atom is -0.300 e. The summed E-state index contributed by atoms with van der Waals surface area (Å²) in [5.41, 5.74) is 3.17. The molecule has 0 aliphatic carbocycles. The maximum absolute atomic E-state index is 12.6. The van der Waals surface area contributed by atoms with Gasteiger partial charge in [0.05, 0.1) is 6.20 Å². The lowest BCUT2D eigenvalue weighted by Gasteiger charge is -2.13. The van der Waals surface area contributed by atoms with E-state index < -0.39 is 0 Å². The van der Waals surface area contributed by atoms with Crippen LogP contribution in [-0.4, -0.2) is 15.3 Å². The Hall–Kier alpha value is -2.20. The van der Waals surface area contributed by atoms with Crippen molar-refractivity contribution in [2.24, 2.45) is 5.92 Å². The van der Waals surface area contributed by atoms with Gasteiger partial charge in [-0.3, -0.25) is 4.79 Å². The Bertz CT molecular complexity index is 961. The van der Waals surface area contributed by atoms with Gasteiger partial charge in [-0.1, -0.05) is 39.0 Å². The molecule has 0 fully saturated rings. The van der Waals surface area contributed by atoms with Crippen LogP contribution in [0.5, 0.6) is 0 Å².